The standard InChI is InChI=1S/C18H18FN/c1-18(2,3)14-9-7-12(8-10-14)16-11-13-5-4-6-15(19)17(13)20-16/h4-11,20H,1-3H3. The van der Waals surface area contributed by atoms with Crippen molar-refractivity contribution >= 4 is 10.9 Å². The summed E-state index contributed by atoms with van der Waals surface area (Å²) in [7, 11) is 0. The first-order valence-corrected chi connectivity index (χ1v) is 6.83. The van der Waals surface area contributed by atoms with Crippen LogP contribution in [0.25, 0.3) is 22.2 Å². The fourth-order valence-electron chi connectivity index (χ4n) is 2.42. The quantitative estimate of drug-likeness (QED) is 0.618. The molecule has 20 heavy (non-hydrogen) atoms. The Balaban J connectivity index is 2.05. The lowest BCUT2D eigenvalue weighted by Crippen LogP contribution is -2.10. The van der Waals surface area contributed by atoms with Crippen LogP contribution in [0, 0.1) is 5.82 Å². The van der Waals surface area contributed by atoms with Crippen LogP contribution in [0.2, 0.25) is 0 Å². The highest BCUT2D eigenvalue weighted by Crippen LogP contribution is 2.28. The molecule has 1 N–H and O–H groups in total. The minimum Gasteiger partial charge on any atom is -0.352 e. The minimum atomic E-state index is -0.208. The van der Waals surface area contributed by atoms with Gasteiger partial charge in [0.25, 0.3) is 0 Å². The number of halogens is 1. The van der Waals surface area contributed by atoms with E-state index in [0.29, 0.717) is 5.52 Å². The zero-order chi connectivity index (χ0) is 14.3. The Morgan fingerprint density at radius 2 is 1.65 bits per heavy atom. The maximum absolute atomic E-state index is 13.7. The zero-order valence-electron chi connectivity index (χ0n) is 12.0. The molecule has 1 nitrogen and oxygen atoms in total. The number of aromatic amines is 1. The molecule has 0 saturated carbocycles. The molecule has 2 heteroatoms. The van der Waals surface area contributed by atoms with E-state index in [0.717, 1.165) is 16.6 Å². The van der Waals surface area contributed by atoms with Gasteiger partial charge in [-0.25, -0.2) is 4.39 Å². The second kappa shape index (κ2) is 4.48. The summed E-state index contributed by atoms with van der Waals surface area (Å²) in [6.07, 6.45) is 0. The number of para-hydroxylation sites is 1. The lowest BCUT2D eigenvalue weighted by molar-refractivity contribution is 0.590. The summed E-state index contributed by atoms with van der Waals surface area (Å²) in [5, 5.41) is 0.903. The van der Waals surface area contributed by atoms with Crippen molar-refractivity contribution < 1.29 is 4.39 Å². The molecular formula is C18H18FN. The van der Waals surface area contributed by atoms with Crippen LogP contribution in [0.3, 0.4) is 0 Å². The van der Waals surface area contributed by atoms with Crippen molar-refractivity contribution in [2.45, 2.75) is 26.2 Å². The van der Waals surface area contributed by atoms with Crippen LogP contribution in [0.4, 0.5) is 4.39 Å². The van der Waals surface area contributed by atoms with Crippen LogP contribution in [-0.2, 0) is 5.41 Å². The average molecular weight is 267 g/mol. The zero-order valence-corrected chi connectivity index (χ0v) is 12.0. The molecule has 0 amide bonds. The van der Waals surface area contributed by atoms with E-state index in [1.165, 1.54) is 11.6 Å². The molecule has 0 fully saturated rings. The molecule has 1 aromatic heterocycles. The largest absolute Gasteiger partial charge is 0.352 e. The van der Waals surface area contributed by atoms with E-state index < -0.39 is 0 Å². The van der Waals surface area contributed by atoms with Gasteiger partial charge in [-0.3, -0.25) is 0 Å². The van der Waals surface area contributed by atoms with Crippen LogP contribution >= 0.6 is 0 Å². The topological polar surface area (TPSA) is 15.8 Å². The third-order valence-corrected chi connectivity index (χ3v) is 3.67. The first-order valence-electron chi connectivity index (χ1n) is 6.83. The van der Waals surface area contributed by atoms with Gasteiger partial charge in [0, 0.05) is 11.1 Å². The highest BCUT2D eigenvalue weighted by Gasteiger charge is 2.13. The van der Waals surface area contributed by atoms with Crippen molar-refractivity contribution in [3.63, 3.8) is 0 Å². The molecule has 3 rings (SSSR count). The van der Waals surface area contributed by atoms with E-state index in [1.807, 2.05) is 12.1 Å². The van der Waals surface area contributed by atoms with Crippen LogP contribution in [0.15, 0.2) is 48.5 Å². The van der Waals surface area contributed by atoms with Gasteiger partial charge >= 0.3 is 0 Å². The van der Waals surface area contributed by atoms with Gasteiger partial charge in [0.1, 0.15) is 5.82 Å². The maximum atomic E-state index is 13.7. The number of aromatic nitrogens is 1. The van der Waals surface area contributed by atoms with Crippen molar-refractivity contribution in [1.29, 1.82) is 0 Å². The van der Waals surface area contributed by atoms with E-state index >= 15 is 0 Å². The van der Waals surface area contributed by atoms with E-state index in [4.69, 9.17) is 0 Å². The Morgan fingerprint density at radius 1 is 0.950 bits per heavy atom. The highest BCUT2D eigenvalue weighted by atomic mass is 19.1. The summed E-state index contributed by atoms with van der Waals surface area (Å²) in [6.45, 7) is 6.58. The summed E-state index contributed by atoms with van der Waals surface area (Å²) in [4.78, 5) is 3.16. The molecular weight excluding hydrogens is 249 g/mol. The Hall–Kier alpha value is -2.09. The van der Waals surface area contributed by atoms with Gasteiger partial charge in [0.05, 0.1) is 5.52 Å². The molecule has 0 aliphatic heterocycles. The maximum Gasteiger partial charge on any atom is 0.147 e. The van der Waals surface area contributed by atoms with Crippen LogP contribution in [0.1, 0.15) is 26.3 Å². The fourth-order valence-corrected chi connectivity index (χ4v) is 2.42. The molecule has 0 radical (unpaired) electrons. The first kappa shape index (κ1) is 12.9. The molecule has 0 aliphatic rings. The van der Waals surface area contributed by atoms with E-state index in [-0.39, 0.29) is 11.2 Å². The summed E-state index contributed by atoms with van der Waals surface area (Å²) in [6, 6.07) is 15.6. The normalized spacial score (nSPS) is 12.0. The van der Waals surface area contributed by atoms with Gasteiger partial charge in [-0.15, -0.1) is 0 Å². The van der Waals surface area contributed by atoms with Crippen molar-refractivity contribution in [3.05, 3.63) is 59.9 Å². The van der Waals surface area contributed by atoms with Gasteiger partial charge in [-0.05, 0) is 28.7 Å². The van der Waals surface area contributed by atoms with Crippen LogP contribution in [0.5, 0.6) is 0 Å². The molecule has 0 aliphatic carbocycles. The number of hydrogen-bond donors (Lipinski definition) is 1. The van der Waals surface area contributed by atoms with Gasteiger partial charge in [0.15, 0.2) is 0 Å². The monoisotopic (exact) mass is 267 g/mol. The Labute approximate surface area is 118 Å². The van der Waals surface area contributed by atoms with E-state index in [1.54, 1.807) is 6.07 Å². The van der Waals surface area contributed by atoms with Crippen LogP contribution < -0.4 is 0 Å². The van der Waals surface area contributed by atoms with Crippen LogP contribution in [-0.4, -0.2) is 4.98 Å². The van der Waals surface area contributed by atoms with Crippen molar-refractivity contribution in [3.8, 4) is 11.3 Å². The second-order valence-corrected chi connectivity index (χ2v) is 6.21. The van der Waals surface area contributed by atoms with Crippen molar-refractivity contribution in [2.75, 3.05) is 0 Å². The number of fused-ring (bicyclic) bond motifs is 1. The third-order valence-electron chi connectivity index (χ3n) is 3.67. The third kappa shape index (κ3) is 2.22. The summed E-state index contributed by atoms with van der Waals surface area (Å²) in [5.74, 6) is -0.208. The Morgan fingerprint density at radius 3 is 2.25 bits per heavy atom. The second-order valence-electron chi connectivity index (χ2n) is 6.21. The molecule has 102 valence electrons. The predicted molar refractivity (Wildman–Crippen MR) is 82.4 cm³/mol. The molecule has 0 bridgehead atoms. The molecule has 2 aromatic carbocycles. The van der Waals surface area contributed by atoms with Gasteiger partial charge in [-0.2, -0.15) is 0 Å². The smallest absolute Gasteiger partial charge is 0.147 e. The van der Waals surface area contributed by atoms with Gasteiger partial charge in [-0.1, -0.05) is 57.2 Å². The highest BCUT2D eigenvalue weighted by molar-refractivity contribution is 5.86. The molecule has 0 atom stereocenters. The molecule has 0 spiro atoms. The lowest BCUT2D eigenvalue weighted by Gasteiger charge is -2.19. The van der Waals surface area contributed by atoms with Crippen molar-refractivity contribution in [2.24, 2.45) is 0 Å². The van der Waals surface area contributed by atoms with E-state index in [2.05, 4.69) is 50.0 Å². The fraction of sp³-hybridized carbons (Fsp3) is 0.222. The molecule has 0 unspecified atom stereocenters. The number of nitrogens with one attached hydrogen (secondary N) is 1. The molecule has 1 heterocycles. The number of rotatable bonds is 1. The minimum absolute atomic E-state index is 0.144. The molecule has 0 saturated heterocycles. The number of hydrogen-bond acceptors (Lipinski definition) is 0. The summed E-state index contributed by atoms with van der Waals surface area (Å²) in [5.41, 5.74) is 4.04. The SMILES string of the molecule is CC(C)(C)c1ccc(-c2cc3cccc(F)c3[nH]2)cc1. The Bertz CT molecular complexity index is 745. The molecule has 3 aromatic rings. The predicted octanol–water partition coefficient (Wildman–Crippen LogP) is 5.27. The van der Waals surface area contributed by atoms with Crippen molar-refractivity contribution in [1.82, 2.24) is 4.98 Å². The van der Waals surface area contributed by atoms with Gasteiger partial charge < -0.3 is 4.98 Å². The summed E-state index contributed by atoms with van der Waals surface area (Å²) >= 11 is 0. The lowest BCUT2D eigenvalue weighted by atomic mass is 9.86. The first-order chi connectivity index (χ1) is 9.45. The number of benzene rings is 2. The average Bonchev–Trinajstić information content (AvgIpc) is 2.83. The van der Waals surface area contributed by atoms with E-state index in [9.17, 15) is 4.39 Å². The van der Waals surface area contributed by atoms with Gasteiger partial charge in [0.2, 0.25) is 0 Å². The Kier molecular flexibility index (Phi) is 2.89. The summed E-state index contributed by atoms with van der Waals surface area (Å²) < 4.78 is 13.7. The number of H-pyrrole nitrogens is 1.